The maximum absolute atomic E-state index is 5.19. The van der Waals surface area contributed by atoms with E-state index >= 15 is 0 Å². The molecule has 0 saturated heterocycles. The highest BCUT2D eigenvalue weighted by atomic mass is 15.0. The molecule has 0 N–H and O–H groups in total. The van der Waals surface area contributed by atoms with E-state index in [0.29, 0.717) is 0 Å². The van der Waals surface area contributed by atoms with Crippen LogP contribution in [0.5, 0.6) is 0 Å². The van der Waals surface area contributed by atoms with E-state index in [-0.39, 0.29) is 5.92 Å². The molecule has 10 aromatic rings. The van der Waals surface area contributed by atoms with Crippen molar-refractivity contribution in [2.24, 2.45) is 0 Å². The molecule has 3 nitrogen and oxygen atoms in total. The Balaban J connectivity index is 0.000000295. The van der Waals surface area contributed by atoms with Crippen LogP contribution in [0.15, 0.2) is 224 Å². The Morgan fingerprint density at radius 2 is 0.953 bits per heavy atom. The summed E-state index contributed by atoms with van der Waals surface area (Å²) in [6.07, 6.45) is 7.98. The first-order valence-corrected chi connectivity index (χ1v) is 22.2. The zero-order chi connectivity index (χ0) is 43.4. The second-order valence-corrected chi connectivity index (χ2v) is 16.7. The van der Waals surface area contributed by atoms with Gasteiger partial charge in [-0.3, -0.25) is 0 Å². The van der Waals surface area contributed by atoms with Crippen LogP contribution < -0.4 is 0 Å². The van der Waals surface area contributed by atoms with Crippen molar-refractivity contribution < 1.29 is 0 Å². The maximum atomic E-state index is 5.19. The van der Waals surface area contributed by atoms with E-state index in [1.54, 1.807) is 0 Å². The number of hydrogen-bond donors (Lipinski definition) is 0. The Morgan fingerprint density at radius 1 is 0.438 bits per heavy atom. The number of allylic oxidation sites excluding steroid dienone is 4. The summed E-state index contributed by atoms with van der Waals surface area (Å²) in [7, 11) is 0. The molecule has 0 radical (unpaired) electrons. The third kappa shape index (κ3) is 8.24. The van der Waals surface area contributed by atoms with Crippen LogP contribution in [0.4, 0.5) is 0 Å². The molecular formula is C61H49N3. The minimum absolute atomic E-state index is 0.222. The summed E-state index contributed by atoms with van der Waals surface area (Å²) in [5.41, 5.74) is 18.9. The van der Waals surface area contributed by atoms with Crippen LogP contribution in [0.25, 0.3) is 83.7 Å². The predicted octanol–water partition coefficient (Wildman–Crippen LogP) is 16.1. The molecule has 1 aliphatic carbocycles. The summed E-state index contributed by atoms with van der Waals surface area (Å²) in [5.74, 6) is 0.945. The third-order valence-corrected chi connectivity index (χ3v) is 12.4. The van der Waals surface area contributed by atoms with Crippen molar-refractivity contribution in [3.8, 4) is 56.2 Å². The minimum Gasteiger partial charge on any atom is -0.310 e. The summed E-state index contributed by atoms with van der Waals surface area (Å²) in [4.78, 5) is 10.2. The van der Waals surface area contributed by atoms with Crippen LogP contribution in [0.1, 0.15) is 34.6 Å². The molecule has 1 aliphatic rings. The molecule has 11 rings (SSSR count). The van der Waals surface area contributed by atoms with Crippen molar-refractivity contribution >= 4 is 27.5 Å². The van der Waals surface area contributed by atoms with Crippen LogP contribution in [0.3, 0.4) is 0 Å². The van der Waals surface area contributed by atoms with Crippen LogP contribution in [-0.4, -0.2) is 14.5 Å². The van der Waals surface area contributed by atoms with E-state index in [2.05, 4.69) is 226 Å². The fourth-order valence-electron chi connectivity index (χ4n) is 8.97. The fraction of sp³-hybridized carbons (Fsp3) is 0.0820. The third-order valence-electron chi connectivity index (χ3n) is 12.4. The van der Waals surface area contributed by atoms with Gasteiger partial charge in [-0.25, -0.2) is 9.97 Å². The van der Waals surface area contributed by atoms with E-state index in [1.807, 2.05) is 24.3 Å². The molecule has 2 aromatic heterocycles. The predicted molar refractivity (Wildman–Crippen MR) is 270 cm³/mol. The molecule has 0 aliphatic heterocycles. The van der Waals surface area contributed by atoms with Crippen molar-refractivity contribution in [2.75, 3.05) is 0 Å². The number of para-hydroxylation sites is 2. The number of aryl methyl sites for hydroxylation is 3. The van der Waals surface area contributed by atoms with Gasteiger partial charge in [0.25, 0.3) is 0 Å². The van der Waals surface area contributed by atoms with E-state index < -0.39 is 0 Å². The lowest BCUT2D eigenvalue weighted by molar-refractivity contribution is 0.850. The number of benzene rings is 8. The van der Waals surface area contributed by atoms with Gasteiger partial charge in [-0.05, 0) is 103 Å². The molecule has 0 saturated carbocycles. The van der Waals surface area contributed by atoms with Crippen molar-refractivity contribution in [1.29, 1.82) is 0 Å². The molecular weight excluding hydrogens is 775 g/mol. The SMILES string of the molecule is Cc1ccc(-c2cc(-c3cc(-c4ccccc4)nc(-c4ccccc4)n3)cc(C3C=CC(n4c5ccccc5c5ccccc54)=CC3)c2)cc1.Cc1ccccc1-c1ccccc1C. The Morgan fingerprint density at radius 3 is 1.53 bits per heavy atom. The second kappa shape index (κ2) is 17.8. The Bertz CT molecular complexity index is 3160. The van der Waals surface area contributed by atoms with Gasteiger partial charge in [0.05, 0.1) is 22.4 Å². The van der Waals surface area contributed by atoms with Gasteiger partial charge in [0, 0.05) is 39.1 Å². The first-order valence-electron chi connectivity index (χ1n) is 22.2. The molecule has 0 fully saturated rings. The lowest BCUT2D eigenvalue weighted by atomic mass is 9.87. The van der Waals surface area contributed by atoms with Gasteiger partial charge in [0.1, 0.15) is 0 Å². The van der Waals surface area contributed by atoms with Gasteiger partial charge in [-0.2, -0.15) is 0 Å². The number of aromatic nitrogens is 3. The number of nitrogens with zero attached hydrogens (tertiary/aromatic N) is 3. The molecule has 0 bridgehead atoms. The monoisotopic (exact) mass is 823 g/mol. The fourth-order valence-corrected chi connectivity index (χ4v) is 8.97. The van der Waals surface area contributed by atoms with Gasteiger partial charge in [0.2, 0.25) is 0 Å². The lowest BCUT2D eigenvalue weighted by Gasteiger charge is -2.20. The highest BCUT2D eigenvalue weighted by Gasteiger charge is 2.19. The topological polar surface area (TPSA) is 30.7 Å². The van der Waals surface area contributed by atoms with Crippen molar-refractivity contribution in [1.82, 2.24) is 14.5 Å². The Kier molecular flexibility index (Phi) is 11.2. The van der Waals surface area contributed by atoms with Gasteiger partial charge >= 0.3 is 0 Å². The lowest BCUT2D eigenvalue weighted by Crippen LogP contribution is -2.04. The van der Waals surface area contributed by atoms with Gasteiger partial charge in [-0.15, -0.1) is 0 Å². The molecule has 1 atom stereocenters. The van der Waals surface area contributed by atoms with E-state index in [4.69, 9.17) is 9.97 Å². The van der Waals surface area contributed by atoms with Crippen LogP contribution in [0, 0.1) is 20.8 Å². The molecule has 64 heavy (non-hydrogen) atoms. The average molecular weight is 824 g/mol. The summed E-state index contributed by atoms with van der Waals surface area (Å²) in [6, 6.07) is 73.0. The summed E-state index contributed by atoms with van der Waals surface area (Å²) < 4.78 is 2.41. The zero-order valence-corrected chi connectivity index (χ0v) is 36.5. The number of fused-ring (bicyclic) bond motifs is 3. The molecule has 1 unspecified atom stereocenters. The molecule has 2 heterocycles. The molecule has 308 valence electrons. The van der Waals surface area contributed by atoms with Crippen molar-refractivity contribution in [3.63, 3.8) is 0 Å². The normalized spacial score (nSPS) is 13.4. The Hall–Kier alpha value is -7.88. The molecule has 8 aromatic carbocycles. The number of rotatable bonds is 7. The standard InChI is InChI=1S/C47H35N3.C14H14/c1-32-20-22-33(23-21-32)37-28-38(34-24-26-40(27-25-34)50-45-18-10-8-16-41(45)42-17-9-11-19-46(42)50)30-39(29-37)44-31-43(35-12-4-2-5-13-35)48-47(49-44)36-14-6-3-7-15-36;1-11-7-3-5-9-13(11)14-10-6-4-8-12(14)2/h2-24,26-31,34H,25H2,1H3;3-10H,1-2H3. The first kappa shape index (κ1) is 40.2. The second-order valence-electron chi connectivity index (χ2n) is 16.7. The van der Waals surface area contributed by atoms with Crippen molar-refractivity contribution in [2.45, 2.75) is 33.1 Å². The summed E-state index contributed by atoms with van der Waals surface area (Å²) >= 11 is 0. The summed E-state index contributed by atoms with van der Waals surface area (Å²) in [5, 5.41) is 2.56. The Labute approximate surface area is 376 Å². The first-order chi connectivity index (χ1) is 31.5. The molecule has 0 spiro atoms. The maximum Gasteiger partial charge on any atom is 0.160 e. The molecule has 3 heteroatoms. The highest BCUT2D eigenvalue weighted by molar-refractivity contribution is 6.10. The quantitative estimate of drug-likeness (QED) is 0.160. The zero-order valence-electron chi connectivity index (χ0n) is 36.5. The van der Waals surface area contributed by atoms with Crippen LogP contribution in [-0.2, 0) is 0 Å². The van der Waals surface area contributed by atoms with Gasteiger partial charge in [0.15, 0.2) is 5.82 Å². The molecule has 0 amide bonds. The van der Waals surface area contributed by atoms with E-state index in [1.165, 1.54) is 72.0 Å². The minimum atomic E-state index is 0.222. The van der Waals surface area contributed by atoms with Gasteiger partial charge in [-0.1, -0.05) is 194 Å². The van der Waals surface area contributed by atoms with E-state index in [9.17, 15) is 0 Å². The summed E-state index contributed by atoms with van der Waals surface area (Å²) in [6.45, 7) is 6.44. The van der Waals surface area contributed by atoms with Crippen molar-refractivity contribution in [3.05, 3.63) is 247 Å². The largest absolute Gasteiger partial charge is 0.310 e. The number of hydrogen-bond acceptors (Lipinski definition) is 2. The van der Waals surface area contributed by atoms with Crippen LogP contribution in [0.2, 0.25) is 0 Å². The highest BCUT2D eigenvalue weighted by Crippen LogP contribution is 2.39. The van der Waals surface area contributed by atoms with Crippen LogP contribution >= 0.6 is 0 Å². The average Bonchev–Trinajstić information content (AvgIpc) is 3.69. The smallest absolute Gasteiger partial charge is 0.160 e. The van der Waals surface area contributed by atoms with Gasteiger partial charge < -0.3 is 4.57 Å². The van der Waals surface area contributed by atoms with E-state index in [0.717, 1.165) is 40.3 Å².